The number of fused-ring (bicyclic) bond motifs is 1. The number of aryl methyl sites for hydroxylation is 1. The molecule has 0 radical (unpaired) electrons. The summed E-state index contributed by atoms with van der Waals surface area (Å²) < 4.78 is 54.1. The van der Waals surface area contributed by atoms with E-state index < -0.39 is 42.7 Å². The van der Waals surface area contributed by atoms with Gasteiger partial charge in [0.15, 0.2) is 19.7 Å². The second-order valence-electron chi connectivity index (χ2n) is 11.5. The lowest BCUT2D eigenvalue weighted by Crippen LogP contribution is -2.24. The Hall–Kier alpha value is -4.02. The van der Waals surface area contributed by atoms with Crippen LogP contribution in [0.1, 0.15) is 85.6 Å². The summed E-state index contributed by atoms with van der Waals surface area (Å²) in [6.07, 6.45) is 10.4. The highest BCUT2D eigenvalue weighted by molar-refractivity contribution is 7.96. The molecule has 0 bridgehead atoms. The summed E-state index contributed by atoms with van der Waals surface area (Å²) in [5, 5.41) is 0. The quantitative estimate of drug-likeness (QED) is 0.201. The average Bonchev–Trinajstić information content (AvgIpc) is 3.21. The zero-order valence-corrected chi connectivity index (χ0v) is 28.2. The number of hydrogen-bond acceptors (Lipinski definition) is 8. The van der Waals surface area contributed by atoms with Gasteiger partial charge >= 0.3 is 0 Å². The third kappa shape index (κ3) is 8.22. The van der Waals surface area contributed by atoms with E-state index in [2.05, 4.69) is 30.4 Å². The molecular weight excluding hydrogens is 621 g/mol. The lowest BCUT2D eigenvalue weighted by molar-refractivity contribution is 0.0973. The molecule has 0 spiro atoms. The maximum absolute atomic E-state index is 13.6. The molecule has 10 heteroatoms. The van der Waals surface area contributed by atoms with Gasteiger partial charge in [0, 0.05) is 29.0 Å². The van der Waals surface area contributed by atoms with Crippen LogP contribution < -0.4 is 0 Å². The van der Waals surface area contributed by atoms with Crippen LogP contribution in [0.15, 0.2) is 110 Å². The van der Waals surface area contributed by atoms with Crippen LogP contribution in [-0.4, -0.2) is 51.3 Å². The molecule has 0 atom stereocenters. The fraction of sp³-hybridized carbons (Fsp3) is 0.333. The summed E-state index contributed by atoms with van der Waals surface area (Å²) in [4.78, 5) is 35.8. The highest BCUT2D eigenvalue weighted by Crippen LogP contribution is 2.31. The number of sulfone groups is 2. The van der Waals surface area contributed by atoms with Crippen molar-refractivity contribution < 1.29 is 26.4 Å². The van der Waals surface area contributed by atoms with E-state index in [-0.39, 0.29) is 50.2 Å². The minimum Gasteiger partial charge on any atom is -0.287 e. The largest absolute Gasteiger partial charge is 0.287 e. The van der Waals surface area contributed by atoms with Crippen LogP contribution in [0, 0.1) is 0 Å². The van der Waals surface area contributed by atoms with E-state index in [4.69, 9.17) is 0 Å². The summed E-state index contributed by atoms with van der Waals surface area (Å²) in [5.41, 5.74) is 1.70. The summed E-state index contributed by atoms with van der Waals surface area (Å²) in [5.74, 6) is -2.36. The predicted molar refractivity (Wildman–Crippen MR) is 184 cm³/mol. The molecule has 4 rings (SSSR count). The van der Waals surface area contributed by atoms with Crippen LogP contribution in [0.2, 0.25) is 0 Å². The molecule has 242 valence electrons. The molecule has 0 unspecified atom stereocenters. The van der Waals surface area contributed by atoms with Crippen molar-refractivity contribution in [2.75, 3.05) is 11.5 Å². The first-order chi connectivity index (χ1) is 21.9. The minimum atomic E-state index is -4.02. The number of carbonyl (C=O) groups excluding carboxylic acids is 2. The molecule has 0 N–H and O–H groups in total. The summed E-state index contributed by atoms with van der Waals surface area (Å²) in [6.45, 7) is 9.81. The smallest absolute Gasteiger partial charge is 0.214 e. The van der Waals surface area contributed by atoms with Crippen molar-refractivity contribution >= 4 is 42.7 Å². The van der Waals surface area contributed by atoms with Crippen LogP contribution in [0.3, 0.4) is 0 Å². The molecule has 0 saturated heterocycles. The summed E-state index contributed by atoms with van der Waals surface area (Å²) in [7, 11) is -7.97. The highest BCUT2D eigenvalue weighted by atomic mass is 32.2. The van der Waals surface area contributed by atoms with E-state index in [9.17, 15) is 26.4 Å². The van der Waals surface area contributed by atoms with E-state index >= 15 is 0 Å². The van der Waals surface area contributed by atoms with Crippen molar-refractivity contribution in [2.24, 2.45) is 9.98 Å². The molecule has 0 saturated carbocycles. The summed E-state index contributed by atoms with van der Waals surface area (Å²) >= 11 is 0. The lowest BCUT2D eigenvalue weighted by Gasteiger charge is -2.15. The minimum absolute atomic E-state index is 0.00110. The topological polar surface area (TPSA) is 127 Å². The molecule has 8 nitrogen and oxygen atoms in total. The van der Waals surface area contributed by atoms with Gasteiger partial charge in [-0.05, 0) is 56.4 Å². The number of hydrogen-bond donors (Lipinski definition) is 0. The molecule has 0 aromatic heterocycles. The van der Waals surface area contributed by atoms with Crippen LogP contribution in [-0.2, 0) is 26.1 Å². The van der Waals surface area contributed by atoms with E-state index in [1.165, 1.54) is 18.2 Å². The second kappa shape index (κ2) is 15.0. The first-order valence-electron chi connectivity index (χ1n) is 15.5. The monoisotopic (exact) mass is 660 g/mol. The van der Waals surface area contributed by atoms with Crippen LogP contribution >= 0.6 is 0 Å². The van der Waals surface area contributed by atoms with Gasteiger partial charge in [0.25, 0.3) is 0 Å². The van der Waals surface area contributed by atoms with Gasteiger partial charge in [-0.1, -0.05) is 87.4 Å². The maximum atomic E-state index is 13.6. The van der Waals surface area contributed by atoms with Gasteiger partial charge < -0.3 is 0 Å². The Labute approximate surface area is 272 Å². The van der Waals surface area contributed by atoms with Crippen molar-refractivity contribution in [3.05, 3.63) is 112 Å². The number of allylic oxidation sites excluding steroid dienone is 6. The molecule has 2 aromatic rings. The fourth-order valence-corrected chi connectivity index (χ4v) is 7.61. The van der Waals surface area contributed by atoms with Crippen LogP contribution in [0.4, 0.5) is 0 Å². The van der Waals surface area contributed by atoms with Gasteiger partial charge in [0.2, 0.25) is 11.6 Å². The van der Waals surface area contributed by atoms with Gasteiger partial charge in [-0.15, -0.1) is 0 Å². The summed E-state index contributed by atoms with van der Waals surface area (Å²) in [6, 6.07) is 12.9. The first kappa shape index (κ1) is 34.8. The van der Waals surface area contributed by atoms with E-state index in [0.29, 0.717) is 0 Å². The van der Waals surface area contributed by atoms with Gasteiger partial charge in [0.05, 0.1) is 21.3 Å². The van der Waals surface area contributed by atoms with Crippen molar-refractivity contribution in [1.29, 1.82) is 0 Å². The molecule has 0 amide bonds. The lowest BCUT2D eigenvalue weighted by atomic mass is 9.90. The Bertz CT molecular complexity index is 1910. The zero-order chi connectivity index (χ0) is 33.5. The molecule has 2 aromatic carbocycles. The molecule has 1 heterocycles. The third-order valence-electron chi connectivity index (χ3n) is 7.91. The average molecular weight is 661 g/mol. The highest BCUT2D eigenvalue weighted by Gasteiger charge is 2.35. The van der Waals surface area contributed by atoms with Crippen molar-refractivity contribution in [1.82, 2.24) is 0 Å². The Kier molecular flexibility index (Phi) is 11.4. The van der Waals surface area contributed by atoms with E-state index in [1.54, 1.807) is 42.5 Å². The van der Waals surface area contributed by atoms with Gasteiger partial charge in [-0.2, -0.15) is 0 Å². The molecule has 0 fully saturated rings. The molecular formula is C36H40N2O6S2. The standard InChI is InChI=1S/C36H40N2O6S2/c1-5-8-12-26(7-3)17-16-25(4)45(41,42)23-28-22-29(24-46(43,44)30-20-18-27(19-21-30)13-9-6-2)38-34-33(37-28)35(39)31-14-10-11-15-32(31)36(34)40/h7,10-11,14-21H,4-6,8-9,12-13,22-24H2,1-3H3/b17-16-,26-7-. The SMILES string of the molecule is C=C(/C=C\C(=C/C)CCCC)S(=O)(=O)CC1=NC2=C(N=C(CS(=O)(=O)c3ccc(CCCC)cc3)C1)C(=O)c1ccccc1C2=O. The maximum Gasteiger partial charge on any atom is 0.214 e. The van der Waals surface area contributed by atoms with Crippen molar-refractivity contribution in [3.63, 3.8) is 0 Å². The number of carbonyl (C=O) groups is 2. The zero-order valence-electron chi connectivity index (χ0n) is 26.6. The predicted octanol–water partition coefficient (Wildman–Crippen LogP) is 7.00. The number of benzene rings is 2. The Morgan fingerprint density at radius 1 is 0.804 bits per heavy atom. The Balaban J connectivity index is 1.70. The van der Waals surface area contributed by atoms with Crippen molar-refractivity contribution in [3.8, 4) is 0 Å². The number of ketones is 2. The number of unbranched alkanes of at least 4 members (excludes halogenated alkanes) is 2. The Morgan fingerprint density at radius 3 is 1.91 bits per heavy atom. The van der Waals surface area contributed by atoms with Gasteiger partial charge in [0.1, 0.15) is 11.4 Å². The molecule has 1 aliphatic heterocycles. The van der Waals surface area contributed by atoms with E-state index in [1.807, 2.05) is 13.0 Å². The van der Waals surface area contributed by atoms with Crippen LogP contribution in [0.25, 0.3) is 0 Å². The van der Waals surface area contributed by atoms with Crippen LogP contribution in [0.5, 0.6) is 0 Å². The molecule has 1 aliphatic carbocycles. The molecule has 46 heavy (non-hydrogen) atoms. The number of rotatable bonds is 14. The van der Waals surface area contributed by atoms with E-state index in [0.717, 1.165) is 49.7 Å². The Morgan fingerprint density at radius 2 is 1.37 bits per heavy atom. The second-order valence-corrected chi connectivity index (χ2v) is 15.5. The number of nitrogens with zero attached hydrogens (tertiary/aromatic N) is 2. The first-order valence-corrected chi connectivity index (χ1v) is 18.8. The van der Waals surface area contributed by atoms with Crippen molar-refractivity contribution in [2.45, 2.75) is 70.6 Å². The number of aliphatic imine (C=N–C) groups is 2. The van der Waals surface area contributed by atoms with Gasteiger partial charge in [-0.3, -0.25) is 9.59 Å². The third-order valence-corrected chi connectivity index (χ3v) is 11.3. The number of Topliss-reactive ketones (excluding diaryl/α,β-unsaturated/α-hetero) is 2. The van der Waals surface area contributed by atoms with Gasteiger partial charge in [-0.25, -0.2) is 26.8 Å². The molecule has 2 aliphatic rings. The normalized spacial score (nSPS) is 15.8. The fourth-order valence-electron chi connectivity index (χ4n) is 5.22.